The van der Waals surface area contributed by atoms with E-state index in [1.54, 1.807) is 6.26 Å². The Labute approximate surface area is 165 Å². The van der Waals surface area contributed by atoms with E-state index in [1.807, 2.05) is 24.2 Å². The third-order valence-corrected chi connectivity index (χ3v) is 5.88. The van der Waals surface area contributed by atoms with Crippen LogP contribution < -0.4 is 15.4 Å². The summed E-state index contributed by atoms with van der Waals surface area (Å²) in [5.74, 6) is 0.623. The van der Waals surface area contributed by atoms with Gasteiger partial charge < -0.3 is 15.4 Å². The van der Waals surface area contributed by atoms with Crippen LogP contribution in [0, 0.1) is 0 Å². The minimum Gasteiger partial charge on any atom is -0.443 e. The summed E-state index contributed by atoms with van der Waals surface area (Å²) in [7, 11) is 2.00. The molecule has 0 bridgehead atoms. The van der Waals surface area contributed by atoms with Crippen LogP contribution in [0.5, 0.6) is 5.88 Å². The number of hydrogen-bond acceptors (Lipinski definition) is 4. The molecule has 0 saturated heterocycles. The Morgan fingerprint density at radius 1 is 1.00 bits per heavy atom. The summed E-state index contributed by atoms with van der Waals surface area (Å²) < 4.78 is 5.70. The van der Waals surface area contributed by atoms with Gasteiger partial charge in [-0.05, 0) is 36.5 Å². The molecule has 4 nitrogen and oxygen atoms in total. The fourth-order valence-corrected chi connectivity index (χ4v) is 3.96. The van der Waals surface area contributed by atoms with Crippen molar-refractivity contribution in [2.45, 2.75) is 24.8 Å². The second-order valence-corrected chi connectivity index (χ2v) is 7.68. The number of hydrogen-bond donors (Lipinski definition) is 1. The number of pyridine rings is 1. The first-order valence-corrected chi connectivity index (χ1v) is 9.70. The van der Waals surface area contributed by atoms with Crippen LogP contribution in [0.4, 0.5) is 5.69 Å². The minimum atomic E-state index is -0.152. The molecule has 1 aliphatic carbocycles. The average molecular weight is 369 g/mol. The standard InChI is InChI=1S/C24H23N3O/c1-27-14-15-28-23-21(27)16-20(17-6-3-2-4-7-17)22(26-23)18-8-10-19(11-9-18)24(25)12-5-13-24/h2-4,6-11,14-16H,5,12-13,25H2,1H3. The highest BCUT2D eigenvalue weighted by Crippen LogP contribution is 2.42. The Morgan fingerprint density at radius 3 is 2.43 bits per heavy atom. The van der Waals surface area contributed by atoms with Gasteiger partial charge in [0, 0.05) is 29.9 Å². The van der Waals surface area contributed by atoms with Crippen molar-refractivity contribution < 1.29 is 4.74 Å². The van der Waals surface area contributed by atoms with Gasteiger partial charge in [0.2, 0.25) is 5.88 Å². The normalized spacial score (nSPS) is 16.9. The van der Waals surface area contributed by atoms with E-state index in [0.29, 0.717) is 5.88 Å². The largest absolute Gasteiger partial charge is 0.443 e. The molecule has 0 amide bonds. The molecule has 0 spiro atoms. The molecule has 140 valence electrons. The minimum absolute atomic E-state index is 0.152. The summed E-state index contributed by atoms with van der Waals surface area (Å²) in [6, 6.07) is 21.1. The van der Waals surface area contributed by atoms with Crippen molar-refractivity contribution in [3.63, 3.8) is 0 Å². The van der Waals surface area contributed by atoms with Gasteiger partial charge in [-0.1, -0.05) is 54.6 Å². The van der Waals surface area contributed by atoms with Crippen LogP contribution in [0.25, 0.3) is 22.4 Å². The van der Waals surface area contributed by atoms with E-state index in [1.165, 1.54) is 12.0 Å². The first-order chi connectivity index (χ1) is 13.6. The lowest BCUT2D eigenvalue weighted by Crippen LogP contribution is -2.43. The lowest BCUT2D eigenvalue weighted by atomic mass is 9.72. The molecule has 0 atom stereocenters. The number of anilines is 1. The maximum absolute atomic E-state index is 6.49. The van der Waals surface area contributed by atoms with Crippen molar-refractivity contribution in [1.29, 1.82) is 0 Å². The van der Waals surface area contributed by atoms with Crippen LogP contribution in [0.3, 0.4) is 0 Å². The van der Waals surface area contributed by atoms with Gasteiger partial charge in [0.1, 0.15) is 11.9 Å². The molecule has 2 aliphatic rings. The van der Waals surface area contributed by atoms with Gasteiger partial charge in [0.25, 0.3) is 0 Å². The summed E-state index contributed by atoms with van der Waals surface area (Å²) >= 11 is 0. The van der Waals surface area contributed by atoms with Crippen LogP contribution in [0.15, 0.2) is 73.1 Å². The van der Waals surface area contributed by atoms with Crippen LogP contribution in [-0.2, 0) is 5.54 Å². The average Bonchev–Trinajstić information content (AvgIpc) is 2.72. The Balaban J connectivity index is 1.64. The zero-order valence-electron chi connectivity index (χ0n) is 15.9. The van der Waals surface area contributed by atoms with Crippen molar-refractivity contribution in [2.24, 2.45) is 5.73 Å². The topological polar surface area (TPSA) is 51.4 Å². The fraction of sp³-hybridized carbons (Fsp3) is 0.208. The molecule has 1 aliphatic heterocycles. The van der Waals surface area contributed by atoms with Gasteiger partial charge in [0.15, 0.2) is 0 Å². The molecule has 4 heteroatoms. The number of aromatic nitrogens is 1. The van der Waals surface area contributed by atoms with Gasteiger partial charge in [-0.15, -0.1) is 0 Å². The van der Waals surface area contributed by atoms with Gasteiger partial charge in [-0.3, -0.25) is 0 Å². The number of benzene rings is 2. The van der Waals surface area contributed by atoms with Gasteiger partial charge in [-0.25, -0.2) is 4.98 Å². The number of nitrogens with zero attached hydrogens (tertiary/aromatic N) is 2. The van der Waals surface area contributed by atoms with Crippen molar-refractivity contribution >= 4 is 5.69 Å². The lowest BCUT2D eigenvalue weighted by Gasteiger charge is -2.38. The molecule has 0 unspecified atom stereocenters. The van der Waals surface area contributed by atoms with Crippen molar-refractivity contribution in [2.75, 3.05) is 11.9 Å². The molecule has 2 heterocycles. The van der Waals surface area contributed by atoms with E-state index in [4.69, 9.17) is 15.5 Å². The summed E-state index contributed by atoms with van der Waals surface area (Å²) in [4.78, 5) is 6.92. The Morgan fingerprint density at radius 2 is 1.75 bits per heavy atom. The highest BCUT2D eigenvalue weighted by molar-refractivity contribution is 5.85. The molecule has 5 rings (SSSR count). The van der Waals surface area contributed by atoms with E-state index in [-0.39, 0.29) is 5.54 Å². The van der Waals surface area contributed by atoms with E-state index < -0.39 is 0 Å². The molecule has 2 N–H and O–H groups in total. The first-order valence-electron chi connectivity index (χ1n) is 9.70. The number of nitrogens with two attached hydrogens (primary N) is 1. The van der Waals surface area contributed by atoms with Crippen molar-refractivity contribution in [3.8, 4) is 28.3 Å². The summed E-state index contributed by atoms with van der Waals surface area (Å²) in [6.07, 6.45) is 6.89. The van der Waals surface area contributed by atoms with Crippen LogP contribution in [0.2, 0.25) is 0 Å². The van der Waals surface area contributed by atoms with Crippen molar-refractivity contribution in [3.05, 3.63) is 78.7 Å². The molecule has 3 aromatic rings. The van der Waals surface area contributed by atoms with Crippen molar-refractivity contribution in [1.82, 2.24) is 4.98 Å². The van der Waals surface area contributed by atoms with Crippen LogP contribution in [0.1, 0.15) is 24.8 Å². The SMILES string of the molecule is CN1C=COc2nc(-c3ccc(C4(N)CCC4)cc3)c(-c3ccccc3)cc21. The Hall–Kier alpha value is -3.11. The van der Waals surface area contributed by atoms with Gasteiger partial charge in [-0.2, -0.15) is 0 Å². The zero-order chi connectivity index (χ0) is 19.1. The molecule has 1 aromatic heterocycles. The summed E-state index contributed by atoms with van der Waals surface area (Å²) in [5, 5.41) is 0. The van der Waals surface area contributed by atoms with Crippen LogP contribution in [-0.4, -0.2) is 12.0 Å². The molecule has 1 fully saturated rings. The smallest absolute Gasteiger partial charge is 0.243 e. The molecule has 1 saturated carbocycles. The van der Waals surface area contributed by atoms with E-state index in [2.05, 4.69) is 54.6 Å². The third kappa shape index (κ3) is 2.77. The van der Waals surface area contributed by atoms with Gasteiger partial charge >= 0.3 is 0 Å². The molecule has 0 radical (unpaired) electrons. The second-order valence-electron chi connectivity index (χ2n) is 7.68. The molecular weight excluding hydrogens is 346 g/mol. The monoisotopic (exact) mass is 369 g/mol. The number of fused-ring (bicyclic) bond motifs is 1. The van der Waals surface area contributed by atoms with E-state index >= 15 is 0 Å². The fourth-order valence-electron chi connectivity index (χ4n) is 3.96. The maximum Gasteiger partial charge on any atom is 0.243 e. The second kappa shape index (κ2) is 6.50. The van der Waals surface area contributed by atoms with Crippen LogP contribution >= 0.6 is 0 Å². The zero-order valence-corrected chi connectivity index (χ0v) is 15.9. The molecule has 28 heavy (non-hydrogen) atoms. The highest BCUT2D eigenvalue weighted by Gasteiger charge is 2.34. The Kier molecular flexibility index (Phi) is 3.95. The molecular formula is C24H23N3O. The first kappa shape index (κ1) is 17.0. The van der Waals surface area contributed by atoms with E-state index in [9.17, 15) is 0 Å². The summed E-state index contributed by atoms with van der Waals surface area (Å²) in [5.41, 5.74) is 12.7. The number of rotatable bonds is 3. The molecule has 2 aromatic carbocycles. The predicted octanol–water partition coefficient (Wildman–Crippen LogP) is 5.05. The van der Waals surface area contributed by atoms with Gasteiger partial charge in [0.05, 0.1) is 5.69 Å². The maximum atomic E-state index is 6.49. The quantitative estimate of drug-likeness (QED) is 0.702. The number of ether oxygens (including phenoxy) is 1. The third-order valence-electron chi connectivity index (χ3n) is 5.88. The lowest BCUT2D eigenvalue weighted by molar-refractivity contribution is 0.253. The van der Waals surface area contributed by atoms with E-state index in [0.717, 1.165) is 40.9 Å². The Bertz CT molecular complexity index is 1040. The summed E-state index contributed by atoms with van der Waals surface area (Å²) in [6.45, 7) is 0. The predicted molar refractivity (Wildman–Crippen MR) is 113 cm³/mol. The highest BCUT2D eigenvalue weighted by atomic mass is 16.5.